The van der Waals surface area contributed by atoms with Gasteiger partial charge < -0.3 is 18.6 Å². The Labute approximate surface area is 212 Å². The monoisotopic (exact) mass is 482 g/mol. The first-order valence-electron chi connectivity index (χ1n) is 13.4. The molecule has 2 aliphatic carbocycles. The van der Waals surface area contributed by atoms with Gasteiger partial charge in [-0.05, 0) is 87.1 Å². The number of nitrogens with zero attached hydrogens (tertiary/aromatic N) is 2. The molecule has 1 amide bonds. The van der Waals surface area contributed by atoms with E-state index in [2.05, 4.69) is 54.5 Å². The van der Waals surface area contributed by atoms with Crippen LogP contribution in [0.5, 0.6) is 5.75 Å². The van der Waals surface area contributed by atoms with Crippen LogP contribution in [-0.4, -0.2) is 35.1 Å². The smallest absolute Gasteiger partial charge is 0.254 e. The van der Waals surface area contributed by atoms with Gasteiger partial charge in [-0.1, -0.05) is 19.1 Å². The Balaban J connectivity index is 1.35. The highest BCUT2D eigenvalue weighted by Gasteiger charge is 2.46. The van der Waals surface area contributed by atoms with Crippen LogP contribution < -0.4 is 4.74 Å². The van der Waals surface area contributed by atoms with E-state index in [0.717, 1.165) is 53.4 Å². The first-order chi connectivity index (χ1) is 17.4. The average Bonchev–Trinajstić information content (AvgIpc) is 3.29. The molecule has 36 heavy (non-hydrogen) atoms. The molecule has 0 N–H and O–H groups in total. The van der Waals surface area contributed by atoms with Crippen molar-refractivity contribution in [2.45, 2.75) is 59.0 Å². The fourth-order valence-electron chi connectivity index (χ4n) is 6.89. The van der Waals surface area contributed by atoms with E-state index in [1.165, 1.54) is 35.7 Å². The highest BCUT2D eigenvalue weighted by atomic mass is 16.5. The standard InChI is InChI=1S/C31H34N2O3/c1-17-5-8-21-12-26(32(25(21)11-17)15-20-6-7-20)30-19(3)29-27(35-4)13-23(14-28(29)36-30)31(34)33-16-22-9-10-24(33)18(22)2/h5,8,11-14,18,20,22,24H,6-7,9-10,15-16H2,1-4H3/t18-,22?,24?/m1/s1. The van der Waals surface area contributed by atoms with Crippen molar-refractivity contribution in [1.82, 2.24) is 9.47 Å². The first-order valence-corrected chi connectivity index (χ1v) is 13.4. The van der Waals surface area contributed by atoms with Crippen LogP contribution in [0.2, 0.25) is 0 Å². The van der Waals surface area contributed by atoms with Gasteiger partial charge in [0.1, 0.15) is 11.3 Å². The van der Waals surface area contributed by atoms with E-state index in [9.17, 15) is 4.79 Å². The molecule has 3 aliphatic rings. The summed E-state index contributed by atoms with van der Waals surface area (Å²) in [7, 11) is 1.68. The van der Waals surface area contributed by atoms with Gasteiger partial charge in [-0.3, -0.25) is 4.79 Å². The SMILES string of the molecule is COc1cc(C(=O)N2CC3CCC2[C@@H]3C)cc2oc(-c3cc4ccc(C)cc4n3CC3CC3)c(C)c12. The molecule has 5 heteroatoms. The summed E-state index contributed by atoms with van der Waals surface area (Å²) in [5, 5.41) is 2.19. The Hall–Kier alpha value is -3.21. The molecule has 3 heterocycles. The number of hydrogen-bond donors (Lipinski definition) is 0. The number of fused-ring (bicyclic) bond motifs is 4. The number of ether oxygens (including phenoxy) is 1. The number of furan rings is 1. The van der Waals surface area contributed by atoms with Crippen molar-refractivity contribution in [2.75, 3.05) is 13.7 Å². The maximum absolute atomic E-state index is 13.6. The lowest BCUT2D eigenvalue weighted by Gasteiger charge is -2.27. The summed E-state index contributed by atoms with van der Waals surface area (Å²) in [6.45, 7) is 8.43. The zero-order valence-corrected chi connectivity index (χ0v) is 21.6. The summed E-state index contributed by atoms with van der Waals surface area (Å²) >= 11 is 0. The third-order valence-electron chi connectivity index (χ3n) is 9.17. The van der Waals surface area contributed by atoms with Crippen molar-refractivity contribution in [3.05, 3.63) is 53.1 Å². The Bertz CT molecular complexity index is 1520. The Morgan fingerprint density at radius 3 is 2.61 bits per heavy atom. The number of hydrogen-bond acceptors (Lipinski definition) is 3. The van der Waals surface area contributed by atoms with Crippen molar-refractivity contribution in [3.63, 3.8) is 0 Å². The van der Waals surface area contributed by atoms with Crippen molar-refractivity contribution < 1.29 is 13.9 Å². The number of methoxy groups -OCH3 is 1. The minimum absolute atomic E-state index is 0.100. The number of carbonyl (C=O) groups excluding carboxylic acids is 1. The molecule has 1 aliphatic heterocycles. The van der Waals surface area contributed by atoms with Gasteiger partial charge in [-0.15, -0.1) is 0 Å². The predicted octanol–water partition coefficient (Wildman–Crippen LogP) is 6.96. The Kier molecular flexibility index (Phi) is 4.83. The molecule has 2 unspecified atom stereocenters. The molecular formula is C31H34N2O3. The molecule has 4 aromatic rings. The molecule has 2 aromatic carbocycles. The minimum atomic E-state index is 0.100. The normalized spacial score (nSPS) is 23.3. The number of amides is 1. The molecule has 5 nitrogen and oxygen atoms in total. The topological polar surface area (TPSA) is 47.6 Å². The molecule has 2 saturated carbocycles. The maximum atomic E-state index is 13.6. The van der Waals surface area contributed by atoms with E-state index < -0.39 is 0 Å². The van der Waals surface area contributed by atoms with E-state index in [1.807, 2.05) is 12.1 Å². The van der Waals surface area contributed by atoms with Crippen LogP contribution in [0.3, 0.4) is 0 Å². The van der Waals surface area contributed by atoms with Gasteiger partial charge in [0.05, 0.1) is 18.2 Å². The van der Waals surface area contributed by atoms with Gasteiger partial charge in [-0.25, -0.2) is 0 Å². The molecule has 0 radical (unpaired) electrons. The number of likely N-dealkylation sites (tertiary alicyclic amines) is 1. The molecule has 0 spiro atoms. The van der Waals surface area contributed by atoms with Crippen LogP contribution in [0.4, 0.5) is 0 Å². The molecule has 3 fully saturated rings. The molecule has 7 rings (SSSR count). The lowest BCUT2D eigenvalue weighted by atomic mass is 10.0. The van der Waals surface area contributed by atoms with Gasteiger partial charge >= 0.3 is 0 Å². The summed E-state index contributed by atoms with van der Waals surface area (Å²) in [4.78, 5) is 15.7. The third kappa shape index (κ3) is 3.24. The predicted molar refractivity (Wildman–Crippen MR) is 143 cm³/mol. The number of rotatable bonds is 5. The van der Waals surface area contributed by atoms with Gasteiger partial charge in [-0.2, -0.15) is 0 Å². The molecule has 2 bridgehead atoms. The van der Waals surface area contributed by atoms with E-state index in [1.54, 1.807) is 7.11 Å². The summed E-state index contributed by atoms with van der Waals surface area (Å²) in [5.74, 6) is 3.65. The van der Waals surface area contributed by atoms with Crippen molar-refractivity contribution >= 4 is 27.8 Å². The molecule has 1 saturated heterocycles. The summed E-state index contributed by atoms with van der Waals surface area (Å²) in [6.07, 6.45) is 4.94. The van der Waals surface area contributed by atoms with E-state index >= 15 is 0 Å². The third-order valence-corrected chi connectivity index (χ3v) is 9.17. The highest BCUT2D eigenvalue weighted by molar-refractivity contribution is 6.02. The Morgan fingerprint density at radius 2 is 1.92 bits per heavy atom. The molecule has 2 aromatic heterocycles. The minimum Gasteiger partial charge on any atom is -0.496 e. The van der Waals surface area contributed by atoms with E-state index in [4.69, 9.17) is 9.15 Å². The fourth-order valence-corrected chi connectivity index (χ4v) is 6.89. The summed E-state index contributed by atoms with van der Waals surface area (Å²) < 4.78 is 14.9. The number of piperidine rings is 1. The lowest BCUT2D eigenvalue weighted by Crippen LogP contribution is -2.38. The quantitative estimate of drug-likeness (QED) is 0.309. The van der Waals surface area contributed by atoms with E-state index in [-0.39, 0.29) is 5.91 Å². The van der Waals surface area contributed by atoms with Crippen LogP contribution in [0.1, 0.15) is 54.1 Å². The second-order valence-corrected chi connectivity index (χ2v) is 11.5. The average molecular weight is 483 g/mol. The second kappa shape index (κ2) is 7.89. The maximum Gasteiger partial charge on any atom is 0.254 e. The zero-order chi connectivity index (χ0) is 24.7. The Morgan fingerprint density at radius 1 is 1.08 bits per heavy atom. The summed E-state index contributed by atoms with van der Waals surface area (Å²) in [5.41, 5.74) is 6.08. The van der Waals surface area contributed by atoms with Crippen LogP contribution in [0, 0.1) is 31.6 Å². The molecule has 3 atom stereocenters. The van der Waals surface area contributed by atoms with Crippen LogP contribution >= 0.6 is 0 Å². The fraction of sp³-hybridized carbons (Fsp3) is 0.452. The van der Waals surface area contributed by atoms with Crippen molar-refractivity contribution in [3.8, 4) is 17.2 Å². The number of aryl methyl sites for hydroxylation is 2. The zero-order valence-electron chi connectivity index (χ0n) is 21.6. The molecular weight excluding hydrogens is 448 g/mol. The number of carbonyl (C=O) groups is 1. The molecule has 186 valence electrons. The van der Waals surface area contributed by atoms with Gasteiger partial charge in [0, 0.05) is 41.2 Å². The van der Waals surface area contributed by atoms with Crippen LogP contribution in [-0.2, 0) is 6.54 Å². The number of benzene rings is 2. The van der Waals surface area contributed by atoms with Crippen molar-refractivity contribution in [1.29, 1.82) is 0 Å². The number of aromatic nitrogens is 1. The highest BCUT2D eigenvalue weighted by Crippen LogP contribution is 2.45. The van der Waals surface area contributed by atoms with E-state index in [0.29, 0.717) is 29.2 Å². The second-order valence-electron chi connectivity index (χ2n) is 11.5. The van der Waals surface area contributed by atoms with Gasteiger partial charge in [0.25, 0.3) is 5.91 Å². The van der Waals surface area contributed by atoms with Gasteiger partial charge in [0.2, 0.25) is 0 Å². The van der Waals surface area contributed by atoms with Crippen LogP contribution in [0.15, 0.2) is 40.8 Å². The lowest BCUT2D eigenvalue weighted by molar-refractivity contribution is 0.0695. The van der Waals surface area contributed by atoms with Gasteiger partial charge in [0.15, 0.2) is 5.76 Å². The van der Waals surface area contributed by atoms with Crippen LogP contribution in [0.25, 0.3) is 33.3 Å². The summed E-state index contributed by atoms with van der Waals surface area (Å²) in [6, 6.07) is 13.1. The largest absolute Gasteiger partial charge is 0.496 e. The van der Waals surface area contributed by atoms with Crippen molar-refractivity contribution in [2.24, 2.45) is 17.8 Å². The first kappa shape index (κ1) is 22.0.